The molecular weight excluding hydrogens is 286 g/mol. The largest absolute Gasteiger partial charge is 0.378 e. The highest BCUT2D eigenvalue weighted by atomic mass is 35.5. The molecule has 0 heterocycles. The first kappa shape index (κ1) is 13.6. The summed E-state index contributed by atoms with van der Waals surface area (Å²) in [5.41, 5.74) is 2.16. The van der Waals surface area contributed by atoms with E-state index in [4.69, 9.17) is 11.6 Å². The summed E-state index contributed by atoms with van der Waals surface area (Å²) in [7, 11) is 0. The molecule has 0 saturated heterocycles. The number of ketones is 2. The first-order valence-corrected chi connectivity index (χ1v) is 6.91. The molecule has 0 fully saturated rings. The molecule has 1 N–H and O–H groups in total. The predicted molar refractivity (Wildman–Crippen MR) is 81.5 cm³/mol. The van der Waals surface area contributed by atoms with Crippen LogP contribution in [0.4, 0.5) is 0 Å². The monoisotopic (exact) mass is 297 g/mol. The summed E-state index contributed by atoms with van der Waals surface area (Å²) >= 11 is 5.92. The molecule has 0 atom stereocenters. The lowest BCUT2D eigenvalue weighted by Gasteiger charge is -2.16. The molecule has 21 heavy (non-hydrogen) atoms. The van der Waals surface area contributed by atoms with Gasteiger partial charge in [-0.2, -0.15) is 0 Å². The van der Waals surface area contributed by atoms with Gasteiger partial charge >= 0.3 is 0 Å². The lowest BCUT2D eigenvalue weighted by molar-refractivity contribution is 0.0978. The van der Waals surface area contributed by atoms with E-state index >= 15 is 0 Å². The number of benzene rings is 2. The maximum atomic E-state index is 12.3. The summed E-state index contributed by atoms with van der Waals surface area (Å²) in [4.78, 5) is 24.4. The number of nitrogens with one attached hydrogen (secondary N) is 1. The van der Waals surface area contributed by atoms with Crippen LogP contribution < -0.4 is 5.32 Å². The zero-order valence-corrected chi connectivity index (χ0v) is 11.9. The van der Waals surface area contributed by atoms with E-state index in [0.717, 1.165) is 5.56 Å². The number of carbonyl (C=O) groups excluding carboxylic acids is 2. The van der Waals surface area contributed by atoms with Gasteiger partial charge in [0.25, 0.3) is 0 Å². The standard InChI is InChI=1S/C17H12ClNO2/c18-12-5-3-4-11(8-12)10-19-15-9-16(20)13-6-1-2-7-14(13)17(15)21/h1-9,19H,10H2. The van der Waals surface area contributed by atoms with Crippen molar-refractivity contribution in [3.63, 3.8) is 0 Å². The van der Waals surface area contributed by atoms with E-state index in [0.29, 0.717) is 28.4 Å². The van der Waals surface area contributed by atoms with Gasteiger partial charge in [0, 0.05) is 28.8 Å². The fourth-order valence-electron chi connectivity index (χ4n) is 2.29. The predicted octanol–water partition coefficient (Wildman–Crippen LogP) is 3.39. The van der Waals surface area contributed by atoms with Gasteiger partial charge in [0.1, 0.15) is 0 Å². The van der Waals surface area contributed by atoms with Crippen LogP contribution in [-0.2, 0) is 6.54 Å². The Morgan fingerprint density at radius 2 is 1.71 bits per heavy atom. The SMILES string of the molecule is O=C1C=C(NCc2cccc(Cl)c2)C(=O)c2ccccc21. The number of hydrogen-bond acceptors (Lipinski definition) is 3. The highest BCUT2D eigenvalue weighted by Crippen LogP contribution is 2.20. The molecule has 104 valence electrons. The minimum atomic E-state index is -0.160. The van der Waals surface area contributed by atoms with Crippen LogP contribution in [0.1, 0.15) is 26.3 Å². The van der Waals surface area contributed by atoms with Crippen molar-refractivity contribution in [1.29, 1.82) is 0 Å². The number of carbonyl (C=O) groups is 2. The van der Waals surface area contributed by atoms with Crippen LogP contribution >= 0.6 is 11.6 Å². The highest BCUT2D eigenvalue weighted by Gasteiger charge is 2.24. The molecular formula is C17H12ClNO2. The number of halogens is 1. The van der Waals surface area contributed by atoms with E-state index in [-0.39, 0.29) is 11.6 Å². The third-order valence-corrected chi connectivity index (χ3v) is 3.56. The van der Waals surface area contributed by atoms with Crippen molar-refractivity contribution < 1.29 is 9.59 Å². The molecule has 0 aliphatic heterocycles. The number of allylic oxidation sites excluding steroid dienone is 2. The molecule has 3 nitrogen and oxygen atoms in total. The van der Waals surface area contributed by atoms with Crippen molar-refractivity contribution in [1.82, 2.24) is 5.32 Å². The zero-order chi connectivity index (χ0) is 14.8. The Morgan fingerprint density at radius 3 is 2.48 bits per heavy atom. The average molecular weight is 298 g/mol. The molecule has 2 aromatic carbocycles. The zero-order valence-electron chi connectivity index (χ0n) is 11.1. The van der Waals surface area contributed by atoms with Gasteiger partial charge < -0.3 is 5.32 Å². The average Bonchev–Trinajstić information content (AvgIpc) is 2.50. The number of hydrogen-bond donors (Lipinski definition) is 1. The minimum Gasteiger partial charge on any atom is -0.378 e. The van der Waals surface area contributed by atoms with Crippen LogP contribution in [0.5, 0.6) is 0 Å². The van der Waals surface area contributed by atoms with E-state index in [9.17, 15) is 9.59 Å². The Hall–Kier alpha value is -2.39. The van der Waals surface area contributed by atoms with E-state index in [1.165, 1.54) is 6.08 Å². The van der Waals surface area contributed by atoms with Crippen LogP contribution in [-0.4, -0.2) is 11.6 Å². The molecule has 1 aliphatic carbocycles. The quantitative estimate of drug-likeness (QED) is 0.944. The van der Waals surface area contributed by atoms with Crippen LogP contribution in [0.3, 0.4) is 0 Å². The molecule has 0 amide bonds. The molecule has 4 heteroatoms. The van der Waals surface area contributed by atoms with E-state index < -0.39 is 0 Å². The molecule has 2 aromatic rings. The van der Waals surface area contributed by atoms with Crippen molar-refractivity contribution in [2.24, 2.45) is 0 Å². The normalized spacial score (nSPS) is 13.7. The second-order valence-corrected chi connectivity index (χ2v) is 5.22. The van der Waals surface area contributed by atoms with E-state index in [1.54, 1.807) is 30.3 Å². The molecule has 0 unspecified atom stereocenters. The van der Waals surface area contributed by atoms with Crippen molar-refractivity contribution in [3.8, 4) is 0 Å². The Bertz CT molecular complexity index is 765. The Labute approximate surface area is 127 Å². The summed E-state index contributed by atoms with van der Waals surface area (Å²) < 4.78 is 0. The van der Waals surface area contributed by atoms with E-state index in [2.05, 4.69) is 5.32 Å². The molecule has 3 rings (SSSR count). The smallest absolute Gasteiger partial charge is 0.209 e. The van der Waals surface area contributed by atoms with Gasteiger partial charge in [-0.25, -0.2) is 0 Å². The lowest BCUT2D eigenvalue weighted by Crippen LogP contribution is -2.26. The topological polar surface area (TPSA) is 46.2 Å². The molecule has 0 spiro atoms. The van der Waals surface area contributed by atoms with Gasteiger partial charge in [-0.15, -0.1) is 0 Å². The minimum absolute atomic E-state index is 0.154. The van der Waals surface area contributed by atoms with Gasteiger partial charge in [0.05, 0.1) is 5.70 Å². The van der Waals surface area contributed by atoms with Crippen LogP contribution in [0.15, 0.2) is 60.3 Å². The molecule has 0 bridgehead atoms. The molecule has 1 aliphatic rings. The fourth-order valence-corrected chi connectivity index (χ4v) is 2.50. The van der Waals surface area contributed by atoms with Gasteiger partial charge in [0.15, 0.2) is 5.78 Å². The summed E-state index contributed by atoms with van der Waals surface area (Å²) in [6.45, 7) is 0.438. The van der Waals surface area contributed by atoms with Crippen LogP contribution in [0.2, 0.25) is 5.02 Å². The first-order valence-electron chi connectivity index (χ1n) is 6.53. The Kier molecular flexibility index (Phi) is 3.59. The lowest BCUT2D eigenvalue weighted by atomic mass is 9.92. The Morgan fingerprint density at radius 1 is 0.952 bits per heavy atom. The third kappa shape index (κ3) is 2.73. The maximum absolute atomic E-state index is 12.3. The number of rotatable bonds is 3. The van der Waals surface area contributed by atoms with Gasteiger partial charge in [0.2, 0.25) is 5.78 Å². The number of Topliss-reactive ketones (excluding diaryl/α,β-unsaturated/α-hetero) is 1. The Balaban J connectivity index is 1.81. The van der Waals surface area contributed by atoms with Crippen molar-refractivity contribution in [2.75, 3.05) is 0 Å². The van der Waals surface area contributed by atoms with Gasteiger partial charge in [-0.05, 0) is 17.7 Å². The van der Waals surface area contributed by atoms with Crippen molar-refractivity contribution in [2.45, 2.75) is 6.54 Å². The maximum Gasteiger partial charge on any atom is 0.209 e. The van der Waals surface area contributed by atoms with Gasteiger partial charge in [-0.3, -0.25) is 9.59 Å². The number of fused-ring (bicyclic) bond motifs is 1. The summed E-state index contributed by atoms with van der Waals surface area (Å²) in [5.74, 6) is -0.314. The summed E-state index contributed by atoms with van der Waals surface area (Å²) in [6.07, 6.45) is 1.36. The van der Waals surface area contributed by atoms with E-state index in [1.807, 2.05) is 18.2 Å². The summed E-state index contributed by atoms with van der Waals surface area (Å²) in [5, 5.41) is 3.66. The highest BCUT2D eigenvalue weighted by molar-refractivity contribution is 6.30. The summed E-state index contributed by atoms with van der Waals surface area (Å²) in [6, 6.07) is 14.2. The molecule has 0 aromatic heterocycles. The van der Waals surface area contributed by atoms with Crippen molar-refractivity contribution in [3.05, 3.63) is 82.0 Å². The molecule has 0 radical (unpaired) electrons. The molecule has 0 saturated carbocycles. The first-order chi connectivity index (χ1) is 10.1. The second-order valence-electron chi connectivity index (χ2n) is 4.78. The van der Waals surface area contributed by atoms with Crippen LogP contribution in [0, 0.1) is 0 Å². The third-order valence-electron chi connectivity index (χ3n) is 3.33. The second kappa shape index (κ2) is 5.54. The van der Waals surface area contributed by atoms with Crippen molar-refractivity contribution >= 4 is 23.2 Å². The van der Waals surface area contributed by atoms with Gasteiger partial charge in [-0.1, -0.05) is 48.0 Å². The van der Waals surface area contributed by atoms with Crippen LogP contribution in [0.25, 0.3) is 0 Å². The fraction of sp³-hybridized carbons (Fsp3) is 0.0588.